The van der Waals surface area contributed by atoms with Gasteiger partial charge in [0.05, 0.1) is 29.3 Å². The molecule has 3 aromatic rings. The van der Waals surface area contributed by atoms with E-state index in [0.717, 1.165) is 27.7 Å². The van der Waals surface area contributed by atoms with Crippen LogP contribution in [0.2, 0.25) is 5.02 Å². The second kappa shape index (κ2) is 6.57. The van der Waals surface area contributed by atoms with Crippen molar-refractivity contribution in [2.24, 2.45) is 0 Å². The van der Waals surface area contributed by atoms with E-state index in [9.17, 15) is 9.90 Å². The molecule has 5 heteroatoms. The van der Waals surface area contributed by atoms with Crippen LogP contribution in [0.1, 0.15) is 18.1 Å². The monoisotopic (exact) mass is 343 g/mol. The van der Waals surface area contributed by atoms with E-state index < -0.39 is 5.97 Å². The van der Waals surface area contributed by atoms with Crippen molar-refractivity contribution in [1.29, 1.82) is 0 Å². The van der Waals surface area contributed by atoms with Crippen molar-refractivity contribution in [3.8, 4) is 17.0 Å². The van der Waals surface area contributed by atoms with E-state index in [1.165, 1.54) is 0 Å². The first kappa shape index (κ1) is 16.4. The fraction of sp³-hybridized carbons (Fsp3) is 0.211. The molecule has 0 aliphatic rings. The Balaban J connectivity index is 2.34. The van der Waals surface area contributed by atoms with Crippen molar-refractivity contribution < 1.29 is 14.6 Å². The van der Waals surface area contributed by atoms with Gasteiger partial charge in [0.15, 0.2) is 0 Å². The number of carboxylic acid groups (broad SMARTS) is 1. The maximum atomic E-state index is 11.4. The van der Waals surface area contributed by atoms with E-state index >= 15 is 0 Å². The number of hydrogen-bond acceptors (Lipinski definition) is 2. The summed E-state index contributed by atoms with van der Waals surface area (Å²) in [5, 5.41) is 10.7. The molecule has 0 spiro atoms. The summed E-state index contributed by atoms with van der Waals surface area (Å²) in [6, 6.07) is 11.3. The maximum absolute atomic E-state index is 11.4. The van der Waals surface area contributed by atoms with Gasteiger partial charge in [-0.3, -0.25) is 4.79 Å². The van der Waals surface area contributed by atoms with Crippen LogP contribution >= 0.6 is 11.6 Å². The van der Waals surface area contributed by atoms with Crippen molar-refractivity contribution >= 4 is 28.5 Å². The zero-order valence-corrected chi connectivity index (χ0v) is 14.3. The second-order valence-electron chi connectivity index (χ2n) is 5.59. The van der Waals surface area contributed by atoms with Gasteiger partial charge in [0.2, 0.25) is 0 Å². The highest BCUT2D eigenvalue weighted by molar-refractivity contribution is 6.36. The highest BCUT2D eigenvalue weighted by atomic mass is 35.5. The van der Waals surface area contributed by atoms with Gasteiger partial charge in [-0.2, -0.15) is 0 Å². The van der Waals surface area contributed by atoms with Crippen LogP contribution < -0.4 is 4.74 Å². The number of fused-ring (bicyclic) bond motifs is 1. The number of ether oxygens (including phenoxy) is 1. The lowest BCUT2D eigenvalue weighted by molar-refractivity contribution is -0.136. The minimum Gasteiger partial charge on any atom is -0.493 e. The van der Waals surface area contributed by atoms with E-state index in [0.29, 0.717) is 22.9 Å². The first-order valence-electron chi connectivity index (χ1n) is 7.76. The zero-order valence-electron chi connectivity index (χ0n) is 13.5. The molecule has 0 aliphatic carbocycles. The van der Waals surface area contributed by atoms with Crippen LogP contribution in [0.15, 0.2) is 36.4 Å². The van der Waals surface area contributed by atoms with Gasteiger partial charge in [-0.15, -0.1) is 0 Å². The van der Waals surface area contributed by atoms with Gasteiger partial charge >= 0.3 is 5.97 Å². The molecule has 24 heavy (non-hydrogen) atoms. The highest BCUT2D eigenvalue weighted by Crippen LogP contribution is 2.39. The average Bonchev–Trinajstić information content (AvgIpc) is 2.92. The minimum atomic E-state index is -0.899. The summed E-state index contributed by atoms with van der Waals surface area (Å²) in [5.41, 5.74) is 4.13. The molecule has 0 amide bonds. The molecule has 2 aromatic carbocycles. The number of aromatic amines is 1. The van der Waals surface area contributed by atoms with Crippen LogP contribution in [0.3, 0.4) is 0 Å². The van der Waals surface area contributed by atoms with Gasteiger partial charge in [-0.05, 0) is 43.2 Å². The van der Waals surface area contributed by atoms with E-state index in [2.05, 4.69) is 4.98 Å². The third-order valence-corrected chi connectivity index (χ3v) is 4.32. The molecule has 0 aliphatic heterocycles. The normalized spacial score (nSPS) is 11.0. The van der Waals surface area contributed by atoms with Crippen LogP contribution in [0.4, 0.5) is 0 Å². The van der Waals surface area contributed by atoms with Gasteiger partial charge in [-0.25, -0.2) is 0 Å². The molecule has 0 bridgehead atoms. The van der Waals surface area contributed by atoms with Gasteiger partial charge in [-0.1, -0.05) is 29.8 Å². The maximum Gasteiger partial charge on any atom is 0.307 e. The van der Waals surface area contributed by atoms with Crippen molar-refractivity contribution in [3.05, 3.63) is 52.5 Å². The van der Waals surface area contributed by atoms with Crippen molar-refractivity contribution in [3.63, 3.8) is 0 Å². The number of carboxylic acids is 1. The number of rotatable bonds is 5. The quantitative estimate of drug-likeness (QED) is 0.698. The smallest absolute Gasteiger partial charge is 0.307 e. The Hall–Kier alpha value is -2.46. The van der Waals surface area contributed by atoms with E-state index in [1.54, 1.807) is 6.07 Å². The van der Waals surface area contributed by atoms with Crippen LogP contribution in [-0.4, -0.2) is 22.7 Å². The zero-order chi connectivity index (χ0) is 17.3. The Bertz CT molecular complexity index is 914. The predicted molar refractivity (Wildman–Crippen MR) is 96.0 cm³/mol. The predicted octanol–water partition coefficient (Wildman–Crippen LogP) is 4.82. The van der Waals surface area contributed by atoms with E-state index in [1.807, 2.05) is 44.2 Å². The third-order valence-electron chi connectivity index (χ3n) is 4.00. The van der Waals surface area contributed by atoms with Crippen molar-refractivity contribution in [1.82, 2.24) is 4.98 Å². The molecule has 0 radical (unpaired) electrons. The molecule has 0 fully saturated rings. The molecule has 3 rings (SSSR count). The van der Waals surface area contributed by atoms with Crippen molar-refractivity contribution in [2.45, 2.75) is 20.3 Å². The summed E-state index contributed by atoms with van der Waals surface area (Å²) < 4.78 is 5.71. The number of halogens is 1. The number of benzene rings is 2. The number of carbonyl (C=O) groups is 1. The standard InChI is InChI=1S/C19H18ClNO3/c1-3-24-15-7-5-4-6-12(15)19-13(10-16(22)23)17-14(20)9-8-11(2)18(17)21-19/h4-9,21H,3,10H2,1-2H3,(H,22,23). The number of aromatic nitrogens is 1. The van der Waals surface area contributed by atoms with Gasteiger partial charge in [0.1, 0.15) is 5.75 Å². The Kier molecular flexibility index (Phi) is 4.49. The summed E-state index contributed by atoms with van der Waals surface area (Å²) >= 11 is 6.38. The van der Waals surface area contributed by atoms with Crippen LogP contribution in [0.25, 0.3) is 22.2 Å². The summed E-state index contributed by atoms with van der Waals surface area (Å²) in [5.74, 6) is -0.185. The van der Waals surface area contributed by atoms with Gasteiger partial charge in [0, 0.05) is 10.9 Å². The number of aryl methyl sites for hydroxylation is 1. The lowest BCUT2D eigenvalue weighted by atomic mass is 10.0. The molecule has 0 unspecified atom stereocenters. The number of aliphatic carboxylic acids is 1. The van der Waals surface area contributed by atoms with Crippen LogP contribution in [-0.2, 0) is 11.2 Å². The SMILES string of the molecule is CCOc1ccccc1-c1[nH]c2c(C)ccc(Cl)c2c1CC(=O)O. The third kappa shape index (κ3) is 2.85. The number of para-hydroxylation sites is 1. The first-order chi connectivity index (χ1) is 11.5. The topological polar surface area (TPSA) is 62.3 Å². The minimum absolute atomic E-state index is 0.112. The number of H-pyrrole nitrogens is 1. The lowest BCUT2D eigenvalue weighted by Gasteiger charge is -2.10. The summed E-state index contributed by atoms with van der Waals surface area (Å²) in [6.45, 7) is 4.42. The van der Waals surface area contributed by atoms with Gasteiger partial charge in [0.25, 0.3) is 0 Å². The molecular formula is C19H18ClNO3. The summed E-state index contributed by atoms with van der Waals surface area (Å²) in [6.07, 6.45) is -0.112. The first-order valence-corrected chi connectivity index (χ1v) is 8.14. The molecule has 4 nitrogen and oxygen atoms in total. The Morgan fingerprint density at radius 2 is 2.00 bits per heavy atom. The number of nitrogens with one attached hydrogen (secondary N) is 1. The summed E-state index contributed by atoms with van der Waals surface area (Å²) in [7, 11) is 0. The second-order valence-corrected chi connectivity index (χ2v) is 6.00. The molecule has 124 valence electrons. The largest absolute Gasteiger partial charge is 0.493 e. The molecule has 0 saturated carbocycles. The Morgan fingerprint density at radius 3 is 2.71 bits per heavy atom. The van der Waals surface area contributed by atoms with Gasteiger partial charge < -0.3 is 14.8 Å². The number of hydrogen-bond donors (Lipinski definition) is 2. The molecular weight excluding hydrogens is 326 g/mol. The molecule has 1 aromatic heterocycles. The highest BCUT2D eigenvalue weighted by Gasteiger charge is 2.21. The van der Waals surface area contributed by atoms with E-state index in [-0.39, 0.29) is 6.42 Å². The Morgan fingerprint density at radius 1 is 1.25 bits per heavy atom. The molecule has 1 heterocycles. The average molecular weight is 344 g/mol. The Labute approximate surface area is 145 Å². The molecule has 0 saturated heterocycles. The lowest BCUT2D eigenvalue weighted by Crippen LogP contribution is -2.02. The van der Waals surface area contributed by atoms with Crippen molar-refractivity contribution in [2.75, 3.05) is 6.61 Å². The molecule has 2 N–H and O–H groups in total. The molecule has 0 atom stereocenters. The van der Waals surface area contributed by atoms with Crippen LogP contribution in [0.5, 0.6) is 5.75 Å². The van der Waals surface area contributed by atoms with E-state index in [4.69, 9.17) is 16.3 Å². The fourth-order valence-corrected chi connectivity index (χ4v) is 3.25. The summed E-state index contributed by atoms with van der Waals surface area (Å²) in [4.78, 5) is 14.8. The van der Waals surface area contributed by atoms with Crippen LogP contribution in [0, 0.1) is 6.92 Å². The fourth-order valence-electron chi connectivity index (χ4n) is 2.98.